The van der Waals surface area contributed by atoms with E-state index in [4.69, 9.17) is 0 Å². The number of carboxylic acids is 1. The van der Waals surface area contributed by atoms with Gasteiger partial charge in [0.25, 0.3) is 5.91 Å². The first-order chi connectivity index (χ1) is 10.1. The Bertz CT molecular complexity index is 610. The van der Waals surface area contributed by atoms with Crippen LogP contribution in [0.25, 0.3) is 0 Å². The van der Waals surface area contributed by atoms with Crippen LogP contribution in [0, 0.1) is 5.92 Å². The van der Waals surface area contributed by atoms with Gasteiger partial charge in [-0.15, -0.1) is 0 Å². The minimum absolute atomic E-state index is 0.280. The Labute approximate surface area is 123 Å². The zero-order chi connectivity index (χ0) is 15.2. The second kappa shape index (κ2) is 6.70. The lowest BCUT2D eigenvalue weighted by atomic mass is 9.94. The minimum atomic E-state index is -0.947. The maximum absolute atomic E-state index is 12.3. The van der Waals surface area contributed by atoms with Gasteiger partial charge in [-0.3, -0.25) is 9.59 Å². The topological polar surface area (TPSA) is 66.4 Å². The van der Waals surface area contributed by atoms with Gasteiger partial charge in [-0.1, -0.05) is 48.5 Å². The van der Waals surface area contributed by atoms with E-state index in [2.05, 4.69) is 5.32 Å². The maximum atomic E-state index is 12.3. The molecule has 2 rings (SSSR count). The number of carbonyl (C=O) groups excluding carboxylic acids is 1. The van der Waals surface area contributed by atoms with Crippen LogP contribution in [-0.4, -0.2) is 17.0 Å². The van der Waals surface area contributed by atoms with Crippen LogP contribution in [0.4, 0.5) is 0 Å². The van der Waals surface area contributed by atoms with Crippen molar-refractivity contribution in [2.75, 3.05) is 0 Å². The molecule has 2 aromatic rings. The number of nitrogens with one attached hydrogen (secondary N) is 1. The zero-order valence-electron chi connectivity index (χ0n) is 11.7. The number of carboxylic acid groups (broad SMARTS) is 1. The highest BCUT2D eigenvalue weighted by atomic mass is 16.4. The molecule has 0 aliphatic heterocycles. The lowest BCUT2D eigenvalue weighted by molar-refractivity contribution is -0.142. The van der Waals surface area contributed by atoms with Gasteiger partial charge in [0.2, 0.25) is 0 Å². The molecule has 1 amide bonds. The van der Waals surface area contributed by atoms with Crippen molar-refractivity contribution < 1.29 is 14.7 Å². The number of carbonyl (C=O) groups is 2. The summed E-state index contributed by atoms with van der Waals surface area (Å²) < 4.78 is 0. The van der Waals surface area contributed by atoms with Crippen LogP contribution in [0.15, 0.2) is 60.7 Å². The first-order valence-electron chi connectivity index (χ1n) is 6.73. The second-order valence-corrected chi connectivity index (χ2v) is 4.85. The summed E-state index contributed by atoms with van der Waals surface area (Å²) in [6, 6.07) is 17.3. The fourth-order valence-electron chi connectivity index (χ4n) is 2.11. The van der Waals surface area contributed by atoms with Crippen LogP contribution in [0.1, 0.15) is 28.9 Å². The molecule has 0 radical (unpaired) electrons. The largest absolute Gasteiger partial charge is 0.481 e. The van der Waals surface area contributed by atoms with Crippen molar-refractivity contribution in [3.05, 3.63) is 71.8 Å². The molecule has 0 bridgehead atoms. The van der Waals surface area contributed by atoms with Crippen molar-refractivity contribution in [3.8, 4) is 0 Å². The Morgan fingerprint density at radius 3 is 2.00 bits per heavy atom. The molecule has 2 aromatic carbocycles. The third-order valence-electron chi connectivity index (χ3n) is 3.37. The molecule has 108 valence electrons. The van der Waals surface area contributed by atoms with E-state index >= 15 is 0 Å². The standard InChI is InChI=1S/C17H17NO3/c1-12(17(20)21)15(13-8-4-2-5-9-13)18-16(19)14-10-6-3-7-11-14/h2-12,15H,1H3,(H,18,19)(H,20,21)/t12-,15+/m1/s1. The van der Waals surface area contributed by atoms with Gasteiger partial charge in [0.05, 0.1) is 12.0 Å². The average Bonchev–Trinajstić information content (AvgIpc) is 2.53. The van der Waals surface area contributed by atoms with Gasteiger partial charge in [0.1, 0.15) is 0 Å². The van der Waals surface area contributed by atoms with Gasteiger partial charge in [0, 0.05) is 5.56 Å². The molecule has 0 saturated carbocycles. The summed E-state index contributed by atoms with van der Waals surface area (Å²) in [5.74, 6) is -1.95. The van der Waals surface area contributed by atoms with Crippen molar-refractivity contribution in [2.24, 2.45) is 5.92 Å². The molecule has 2 N–H and O–H groups in total. The monoisotopic (exact) mass is 283 g/mol. The van der Waals surface area contributed by atoms with Crippen LogP contribution < -0.4 is 5.32 Å². The van der Waals surface area contributed by atoms with Crippen LogP contribution in [0.5, 0.6) is 0 Å². The van der Waals surface area contributed by atoms with E-state index in [-0.39, 0.29) is 5.91 Å². The zero-order valence-corrected chi connectivity index (χ0v) is 11.7. The number of benzene rings is 2. The molecular formula is C17H17NO3. The van der Waals surface area contributed by atoms with Crippen molar-refractivity contribution in [1.82, 2.24) is 5.32 Å². The molecule has 0 aliphatic rings. The second-order valence-electron chi connectivity index (χ2n) is 4.85. The van der Waals surface area contributed by atoms with E-state index in [9.17, 15) is 14.7 Å². The van der Waals surface area contributed by atoms with Crippen molar-refractivity contribution in [3.63, 3.8) is 0 Å². The van der Waals surface area contributed by atoms with E-state index in [0.29, 0.717) is 5.56 Å². The summed E-state index contributed by atoms with van der Waals surface area (Å²) >= 11 is 0. The number of amides is 1. The SMILES string of the molecule is C[C@@H](C(=O)O)[C@H](NC(=O)c1ccccc1)c1ccccc1. The van der Waals surface area contributed by atoms with Crippen LogP contribution in [0.2, 0.25) is 0 Å². The molecule has 21 heavy (non-hydrogen) atoms. The van der Waals surface area contributed by atoms with E-state index < -0.39 is 17.9 Å². The summed E-state index contributed by atoms with van der Waals surface area (Å²) in [6.07, 6.45) is 0. The van der Waals surface area contributed by atoms with Crippen LogP contribution >= 0.6 is 0 Å². The smallest absolute Gasteiger partial charge is 0.308 e. The van der Waals surface area contributed by atoms with Crippen LogP contribution in [0.3, 0.4) is 0 Å². The number of aliphatic carboxylic acids is 1. The quantitative estimate of drug-likeness (QED) is 0.886. The van der Waals surface area contributed by atoms with Gasteiger partial charge in [-0.25, -0.2) is 0 Å². The molecule has 0 heterocycles. The van der Waals surface area contributed by atoms with E-state index in [1.165, 1.54) is 0 Å². The summed E-state index contributed by atoms with van der Waals surface area (Å²) in [6.45, 7) is 1.59. The number of hydrogen-bond acceptors (Lipinski definition) is 2. The van der Waals surface area contributed by atoms with Crippen molar-refractivity contribution in [2.45, 2.75) is 13.0 Å². The van der Waals surface area contributed by atoms with Gasteiger partial charge >= 0.3 is 5.97 Å². The Hall–Kier alpha value is -2.62. The molecule has 0 unspecified atom stereocenters. The van der Waals surface area contributed by atoms with Gasteiger partial charge < -0.3 is 10.4 Å². The van der Waals surface area contributed by atoms with Crippen molar-refractivity contribution in [1.29, 1.82) is 0 Å². The third-order valence-corrected chi connectivity index (χ3v) is 3.37. The third kappa shape index (κ3) is 3.69. The highest BCUT2D eigenvalue weighted by molar-refractivity contribution is 5.94. The highest BCUT2D eigenvalue weighted by Gasteiger charge is 2.26. The first-order valence-corrected chi connectivity index (χ1v) is 6.73. The molecule has 0 spiro atoms. The first kappa shape index (κ1) is 14.8. The van der Waals surface area contributed by atoms with E-state index in [0.717, 1.165) is 5.56 Å². The maximum Gasteiger partial charge on any atom is 0.308 e. The minimum Gasteiger partial charge on any atom is -0.481 e. The van der Waals surface area contributed by atoms with Crippen molar-refractivity contribution >= 4 is 11.9 Å². The Morgan fingerprint density at radius 1 is 0.952 bits per heavy atom. The lowest BCUT2D eigenvalue weighted by Crippen LogP contribution is -2.35. The normalized spacial score (nSPS) is 13.2. The Balaban J connectivity index is 2.25. The summed E-state index contributed by atoms with van der Waals surface area (Å²) in [5.41, 5.74) is 1.28. The summed E-state index contributed by atoms with van der Waals surface area (Å²) in [4.78, 5) is 23.5. The molecule has 4 nitrogen and oxygen atoms in total. The summed E-state index contributed by atoms with van der Waals surface area (Å²) in [7, 11) is 0. The van der Waals surface area contributed by atoms with Gasteiger partial charge in [0.15, 0.2) is 0 Å². The fourth-order valence-corrected chi connectivity index (χ4v) is 2.11. The molecule has 4 heteroatoms. The van der Waals surface area contributed by atoms with Gasteiger partial charge in [-0.05, 0) is 24.6 Å². The molecule has 0 saturated heterocycles. The van der Waals surface area contributed by atoms with Crippen LogP contribution in [-0.2, 0) is 4.79 Å². The predicted molar refractivity (Wildman–Crippen MR) is 79.9 cm³/mol. The molecule has 2 atom stereocenters. The Kier molecular flexibility index (Phi) is 4.72. The van der Waals surface area contributed by atoms with E-state index in [1.807, 2.05) is 36.4 Å². The fraction of sp³-hybridized carbons (Fsp3) is 0.176. The summed E-state index contributed by atoms with van der Waals surface area (Å²) in [5, 5.41) is 12.1. The predicted octanol–water partition coefficient (Wildman–Crippen LogP) is 2.88. The van der Waals surface area contributed by atoms with Gasteiger partial charge in [-0.2, -0.15) is 0 Å². The highest BCUT2D eigenvalue weighted by Crippen LogP contribution is 2.22. The molecule has 0 aliphatic carbocycles. The molecule has 0 fully saturated rings. The van der Waals surface area contributed by atoms with E-state index in [1.54, 1.807) is 31.2 Å². The average molecular weight is 283 g/mol. The number of hydrogen-bond donors (Lipinski definition) is 2. The lowest BCUT2D eigenvalue weighted by Gasteiger charge is -2.23. The Morgan fingerprint density at radius 2 is 1.48 bits per heavy atom. The molecule has 0 aromatic heterocycles. The molecular weight excluding hydrogens is 266 g/mol. The number of rotatable bonds is 5.